The van der Waals surface area contributed by atoms with Gasteiger partial charge < -0.3 is 20.1 Å². The molecule has 126 valence electrons. The van der Waals surface area contributed by atoms with E-state index in [1.165, 1.54) is 31.3 Å². The molecule has 1 saturated heterocycles. The third-order valence-electron chi connectivity index (χ3n) is 4.20. The van der Waals surface area contributed by atoms with Crippen LogP contribution in [-0.4, -0.2) is 45.0 Å². The maximum atomic E-state index is 11.6. The lowest BCUT2D eigenvalue weighted by Gasteiger charge is -2.13. The van der Waals surface area contributed by atoms with Crippen LogP contribution in [0.15, 0.2) is 11.6 Å². The predicted molar refractivity (Wildman–Crippen MR) is 87.0 cm³/mol. The van der Waals surface area contributed by atoms with E-state index in [0.29, 0.717) is 19.8 Å². The van der Waals surface area contributed by atoms with Crippen LogP contribution in [0.2, 0.25) is 0 Å². The van der Waals surface area contributed by atoms with Gasteiger partial charge in [-0.15, -0.1) is 0 Å². The van der Waals surface area contributed by atoms with Gasteiger partial charge in [-0.1, -0.05) is 11.6 Å². The summed E-state index contributed by atoms with van der Waals surface area (Å²) in [6.45, 7) is 3.61. The van der Waals surface area contributed by atoms with E-state index < -0.39 is 0 Å². The van der Waals surface area contributed by atoms with Gasteiger partial charge in [-0.2, -0.15) is 0 Å². The molecule has 5 nitrogen and oxygen atoms in total. The Bertz CT molecular complexity index is 352. The number of carbonyl (C=O) groups excluding carboxylic acids is 1. The molecule has 0 bridgehead atoms. The van der Waals surface area contributed by atoms with Gasteiger partial charge in [0, 0.05) is 26.3 Å². The Labute approximate surface area is 133 Å². The second-order valence-corrected chi connectivity index (χ2v) is 6.10. The summed E-state index contributed by atoms with van der Waals surface area (Å²) in [5, 5.41) is 5.78. The lowest BCUT2D eigenvalue weighted by Crippen LogP contribution is -2.37. The largest absolute Gasteiger partial charge is 0.379 e. The molecule has 1 atom stereocenters. The Morgan fingerprint density at radius 2 is 2.18 bits per heavy atom. The van der Waals surface area contributed by atoms with Crippen molar-refractivity contribution in [3.63, 3.8) is 0 Å². The highest BCUT2D eigenvalue weighted by Crippen LogP contribution is 2.19. The highest BCUT2D eigenvalue weighted by Gasteiger charge is 2.14. The lowest BCUT2D eigenvalue weighted by atomic mass is 9.97. The fourth-order valence-corrected chi connectivity index (χ4v) is 2.90. The first kappa shape index (κ1) is 17.3. The van der Waals surface area contributed by atoms with Crippen molar-refractivity contribution in [1.29, 1.82) is 0 Å². The number of carbonyl (C=O) groups is 1. The minimum Gasteiger partial charge on any atom is -0.379 e. The van der Waals surface area contributed by atoms with Crippen molar-refractivity contribution in [2.75, 3.05) is 32.9 Å². The average Bonchev–Trinajstić information content (AvgIpc) is 3.05. The minimum atomic E-state index is -0.0736. The van der Waals surface area contributed by atoms with E-state index in [0.717, 1.165) is 38.8 Å². The molecule has 5 heteroatoms. The molecule has 1 unspecified atom stereocenters. The quantitative estimate of drug-likeness (QED) is 0.508. The SMILES string of the molecule is O=C(NCCCOCC1CCCO1)NCCC1=CCCCC1. The molecule has 1 heterocycles. The minimum absolute atomic E-state index is 0.0736. The summed E-state index contributed by atoms with van der Waals surface area (Å²) in [5.41, 5.74) is 1.49. The monoisotopic (exact) mass is 310 g/mol. The zero-order valence-corrected chi connectivity index (χ0v) is 13.6. The fourth-order valence-electron chi connectivity index (χ4n) is 2.90. The van der Waals surface area contributed by atoms with Gasteiger partial charge in [-0.25, -0.2) is 4.79 Å². The van der Waals surface area contributed by atoms with Crippen molar-refractivity contribution in [3.8, 4) is 0 Å². The number of ether oxygens (including phenoxy) is 2. The Hall–Kier alpha value is -1.07. The molecule has 2 N–H and O–H groups in total. The Morgan fingerprint density at radius 3 is 2.95 bits per heavy atom. The molecule has 0 saturated carbocycles. The summed E-state index contributed by atoms with van der Waals surface area (Å²) >= 11 is 0. The highest BCUT2D eigenvalue weighted by atomic mass is 16.5. The number of rotatable bonds is 9. The summed E-state index contributed by atoms with van der Waals surface area (Å²) in [6.07, 6.45) is 11.7. The molecule has 1 fully saturated rings. The van der Waals surface area contributed by atoms with Crippen molar-refractivity contribution >= 4 is 6.03 Å². The first-order valence-corrected chi connectivity index (χ1v) is 8.73. The second-order valence-electron chi connectivity index (χ2n) is 6.10. The molecule has 0 aromatic heterocycles. The van der Waals surface area contributed by atoms with Crippen molar-refractivity contribution in [3.05, 3.63) is 11.6 Å². The molecule has 2 aliphatic rings. The first-order chi connectivity index (χ1) is 10.8. The standard InChI is InChI=1S/C17H30N2O3/c20-17(19-11-9-15-6-2-1-3-7-15)18-10-5-12-21-14-16-8-4-13-22-16/h6,16H,1-5,7-14H2,(H2,18,19,20). The molecule has 2 rings (SSSR count). The Kier molecular flexibility index (Phi) is 8.35. The zero-order valence-electron chi connectivity index (χ0n) is 13.6. The van der Waals surface area contributed by atoms with E-state index >= 15 is 0 Å². The molecule has 0 aromatic carbocycles. The van der Waals surface area contributed by atoms with Crippen LogP contribution in [-0.2, 0) is 9.47 Å². The summed E-state index contributed by atoms with van der Waals surface area (Å²) in [5.74, 6) is 0. The van der Waals surface area contributed by atoms with Crippen LogP contribution < -0.4 is 10.6 Å². The van der Waals surface area contributed by atoms with Crippen LogP contribution in [0.1, 0.15) is 51.4 Å². The molecule has 0 aromatic rings. The molecule has 22 heavy (non-hydrogen) atoms. The van der Waals surface area contributed by atoms with E-state index in [-0.39, 0.29) is 12.1 Å². The number of urea groups is 1. The van der Waals surface area contributed by atoms with Crippen LogP contribution in [0.25, 0.3) is 0 Å². The highest BCUT2D eigenvalue weighted by molar-refractivity contribution is 5.73. The van der Waals surface area contributed by atoms with Crippen LogP contribution >= 0.6 is 0 Å². The van der Waals surface area contributed by atoms with E-state index in [1.807, 2.05) is 0 Å². The first-order valence-electron chi connectivity index (χ1n) is 8.73. The fraction of sp³-hybridized carbons (Fsp3) is 0.824. The third-order valence-corrected chi connectivity index (χ3v) is 4.20. The third kappa shape index (κ3) is 7.27. The molecule has 2 amide bonds. The number of hydrogen-bond acceptors (Lipinski definition) is 3. The summed E-state index contributed by atoms with van der Waals surface area (Å²) in [4.78, 5) is 11.6. The summed E-state index contributed by atoms with van der Waals surface area (Å²) < 4.78 is 11.0. The smallest absolute Gasteiger partial charge is 0.314 e. The van der Waals surface area contributed by atoms with Crippen LogP contribution in [0.5, 0.6) is 0 Å². The zero-order chi connectivity index (χ0) is 15.5. The van der Waals surface area contributed by atoms with Gasteiger partial charge >= 0.3 is 6.03 Å². The molecular weight excluding hydrogens is 280 g/mol. The molecule has 0 spiro atoms. The maximum Gasteiger partial charge on any atom is 0.314 e. The van der Waals surface area contributed by atoms with Crippen LogP contribution in [0.3, 0.4) is 0 Å². The number of hydrogen-bond donors (Lipinski definition) is 2. The molecular formula is C17H30N2O3. The Balaban J connectivity index is 1.38. The summed E-state index contributed by atoms with van der Waals surface area (Å²) in [6, 6.07) is -0.0736. The van der Waals surface area contributed by atoms with Gasteiger partial charge in [0.15, 0.2) is 0 Å². The van der Waals surface area contributed by atoms with Crippen LogP contribution in [0, 0.1) is 0 Å². The van der Waals surface area contributed by atoms with Gasteiger partial charge in [0.25, 0.3) is 0 Å². The Morgan fingerprint density at radius 1 is 1.27 bits per heavy atom. The van der Waals surface area contributed by atoms with Crippen molar-refractivity contribution in [2.24, 2.45) is 0 Å². The second kappa shape index (κ2) is 10.6. The van der Waals surface area contributed by atoms with E-state index in [2.05, 4.69) is 16.7 Å². The van der Waals surface area contributed by atoms with Gasteiger partial charge in [0.1, 0.15) is 0 Å². The van der Waals surface area contributed by atoms with Gasteiger partial charge in [0.2, 0.25) is 0 Å². The van der Waals surface area contributed by atoms with Gasteiger partial charge in [-0.3, -0.25) is 0 Å². The normalized spacial score (nSPS) is 21.5. The van der Waals surface area contributed by atoms with E-state index in [4.69, 9.17) is 9.47 Å². The topological polar surface area (TPSA) is 59.6 Å². The van der Waals surface area contributed by atoms with Gasteiger partial charge in [0.05, 0.1) is 12.7 Å². The van der Waals surface area contributed by atoms with E-state index in [9.17, 15) is 4.79 Å². The number of allylic oxidation sites excluding steroid dienone is 1. The van der Waals surface area contributed by atoms with Gasteiger partial charge in [-0.05, 0) is 51.4 Å². The lowest BCUT2D eigenvalue weighted by molar-refractivity contribution is 0.0168. The number of nitrogens with one attached hydrogen (secondary N) is 2. The maximum absolute atomic E-state index is 11.6. The van der Waals surface area contributed by atoms with E-state index in [1.54, 1.807) is 0 Å². The van der Waals surface area contributed by atoms with Crippen molar-refractivity contribution in [2.45, 2.75) is 57.5 Å². The molecule has 0 radical (unpaired) electrons. The summed E-state index contributed by atoms with van der Waals surface area (Å²) in [7, 11) is 0. The predicted octanol–water partition coefficient (Wildman–Crippen LogP) is 2.76. The molecule has 1 aliphatic carbocycles. The number of amides is 2. The molecule has 1 aliphatic heterocycles. The van der Waals surface area contributed by atoms with Crippen molar-refractivity contribution in [1.82, 2.24) is 10.6 Å². The van der Waals surface area contributed by atoms with Crippen LogP contribution in [0.4, 0.5) is 4.79 Å². The average molecular weight is 310 g/mol. The van der Waals surface area contributed by atoms with Crippen molar-refractivity contribution < 1.29 is 14.3 Å².